The van der Waals surface area contributed by atoms with Crippen molar-refractivity contribution in [3.8, 4) is 5.75 Å². The van der Waals surface area contributed by atoms with Crippen LogP contribution in [0.25, 0.3) is 6.08 Å². The second kappa shape index (κ2) is 5.32. The van der Waals surface area contributed by atoms with Crippen molar-refractivity contribution in [2.75, 3.05) is 14.2 Å². The Balaban J connectivity index is 3.19. The number of halogens is 1. The van der Waals surface area contributed by atoms with Crippen molar-refractivity contribution >= 4 is 6.08 Å². The minimum Gasteiger partial charge on any atom is -0.496 e. The van der Waals surface area contributed by atoms with Crippen LogP contribution in [0.3, 0.4) is 0 Å². The maximum Gasteiger partial charge on any atom is 0.148 e. The van der Waals surface area contributed by atoms with Gasteiger partial charge in [-0.1, -0.05) is 24.8 Å². The number of likely N-dealkylation sites (N-methyl/N-ethyl adjacent to an activating group) is 1. The lowest BCUT2D eigenvalue weighted by Gasteiger charge is -2.28. The first-order valence-electron chi connectivity index (χ1n) is 5.64. The molecule has 94 valence electrons. The Morgan fingerprint density at radius 1 is 1.53 bits per heavy atom. The molecule has 1 N–H and O–H groups in total. The van der Waals surface area contributed by atoms with E-state index >= 15 is 0 Å². The fourth-order valence-electron chi connectivity index (χ4n) is 1.70. The van der Waals surface area contributed by atoms with Crippen molar-refractivity contribution in [2.24, 2.45) is 0 Å². The van der Waals surface area contributed by atoms with Crippen LogP contribution in [0.15, 0.2) is 24.8 Å². The van der Waals surface area contributed by atoms with Crippen LogP contribution in [0.4, 0.5) is 4.39 Å². The zero-order valence-electron chi connectivity index (χ0n) is 10.9. The number of alkyl halides is 1. The third kappa shape index (κ3) is 2.67. The SMILES string of the molecule is C=Cc1ccc(C(C)(F)C(C)NC)cc1OC. The average molecular weight is 237 g/mol. The molecule has 0 aliphatic heterocycles. The van der Waals surface area contributed by atoms with E-state index in [2.05, 4.69) is 11.9 Å². The molecule has 0 aromatic heterocycles. The molecule has 17 heavy (non-hydrogen) atoms. The van der Waals surface area contributed by atoms with Crippen LogP contribution in [-0.2, 0) is 5.67 Å². The van der Waals surface area contributed by atoms with E-state index in [1.807, 2.05) is 13.0 Å². The minimum absolute atomic E-state index is 0.276. The number of ether oxygens (including phenoxy) is 1. The van der Waals surface area contributed by atoms with Crippen LogP contribution in [-0.4, -0.2) is 20.2 Å². The third-order valence-corrected chi connectivity index (χ3v) is 3.26. The van der Waals surface area contributed by atoms with Gasteiger partial charge in [0.2, 0.25) is 0 Å². The first kappa shape index (κ1) is 13.7. The zero-order chi connectivity index (χ0) is 13.1. The summed E-state index contributed by atoms with van der Waals surface area (Å²) in [6.45, 7) is 7.08. The molecule has 2 unspecified atom stereocenters. The van der Waals surface area contributed by atoms with Gasteiger partial charge < -0.3 is 10.1 Å². The van der Waals surface area contributed by atoms with Crippen LogP contribution < -0.4 is 10.1 Å². The quantitative estimate of drug-likeness (QED) is 0.849. The van der Waals surface area contributed by atoms with E-state index in [-0.39, 0.29) is 6.04 Å². The van der Waals surface area contributed by atoms with Crippen LogP contribution in [0.5, 0.6) is 5.75 Å². The lowest BCUT2D eigenvalue weighted by Crippen LogP contribution is -2.39. The van der Waals surface area contributed by atoms with Crippen molar-refractivity contribution in [1.29, 1.82) is 0 Å². The van der Waals surface area contributed by atoms with Crippen LogP contribution >= 0.6 is 0 Å². The van der Waals surface area contributed by atoms with E-state index in [9.17, 15) is 4.39 Å². The van der Waals surface area contributed by atoms with Gasteiger partial charge in [-0.3, -0.25) is 0 Å². The molecule has 0 aliphatic rings. The molecule has 2 atom stereocenters. The number of hydrogen-bond acceptors (Lipinski definition) is 2. The largest absolute Gasteiger partial charge is 0.496 e. The molecule has 0 fully saturated rings. The molecule has 1 aromatic carbocycles. The maximum absolute atomic E-state index is 14.6. The summed E-state index contributed by atoms with van der Waals surface area (Å²) in [6.07, 6.45) is 1.69. The highest BCUT2D eigenvalue weighted by atomic mass is 19.1. The summed E-state index contributed by atoms with van der Waals surface area (Å²) in [5, 5.41) is 2.93. The Morgan fingerprint density at radius 2 is 2.18 bits per heavy atom. The molecule has 2 nitrogen and oxygen atoms in total. The van der Waals surface area contributed by atoms with E-state index in [4.69, 9.17) is 4.74 Å². The molecule has 0 saturated heterocycles. The first-order chi connectivity index (χ1) is 7.97. The zero-order valence-corrected chi connectivity index (χ0v) is 10.9. The number of methoxy groups -OCH3 is 1. The normalized spacial score (nSPS) is 16.1. The smallest absolute Gasteiger partial charge is 0.148 e. The maximum atomic E-state index is 14.6. The fourth-order valence-corrected chi connectivity index (χ4v) is 1.70. The highest BCUT2D eigenvalue weighted by molar-refractivity contribution is 5.57. The summed E-state index contributed by atoms with van der Waals surface area (Å²) in [5.74, 6) is 0.643. The molecule has 0 aliphatic carbocycles. The lowest BCUT2D eigenvalue weighted by atomic mass is 9.90. The second-order valence-electron chi connectivity index (χ2n) is 4.25. The van der Waals surface area contributed by atoms with Gasteiger partial charge in [-0.2, -0.15) is 0 Å². The predicted molar refractivity (Wildman–Crippen MR) is 70.1 cm³/mol. The monoisotopic (exact) mass is 237 g/mol. The predicted octanol–water partition coefficient (Wildman–Crippen LogP) is 3.13. The van der Waals surface area contributed by atoms with Gasteiger partial charge in [0.15, 0.2) is 0 Å². The van der Waals surface area contributed by atoms with Gasteiger partial charge in [0.05, 0.1) is 7.11 Å². The van der Waals surface area contributed by atoms with Gasteiger partial charge in [-0.25, -0.2) is 4.39 Å². The molecule has 3 heteroatoms. The number of hydrogen-bond donors (Lipinski definition) is 1. The fraction of sp³-hybridized carbons (Fsp3) is 0.429. The molecule has 0 heterocycles. The number of nitrogens with one attached hydrogen (secondary N) is 1. The Labute approximate surface area is 102 Å². The van der Waals surface area contributed by atoms with Crippen molar-refractivity contribution < 1.29 is 9.13 Å². The van der Waals surface area contributed by atoms with Crippen molar-refractivity contribution in [3.63, 3.8) is 0 Å². The summed E-state index contributed by atoms with van der Waals surface area (Å²) in [7, 11) is 3.32. The number of rotatable bonds is 5. The second-order valence-corrected chi connectivity index (χ2v) is 4.25. The van der Waals surface area contributed by atoms with Crippen LogP contribution in [0.2, 0.25) is 0 Å². The Bertz CT molecular complexity index is 401. The molecular formula is C14H20FNO. The van der Waals surface area contributed by atoms with Crippen LogP contribution in [0, 0.1) is 0 Å². The van der Waals surface area contributed by atoms with Gasteiger partial charge in [-0.15, -0.1) is 0 Å². The van der Waals surface area contributed by atoms with E-state index in [1.54, 1.807) is 39.3 Å². The average Bonchev–Trinajstić information content (AvgIpc) is 2.36. The molecule has 1 rings (SSSR count). The third-order valence-electron chi connectivity index (χ3n) is 3.26. The topological polar surface area (TPSA) is 21.3 Å². The summed E-state index contributed by atoms with van der Waals surface area (Å²) >= 11 is 0. The molecule has 0 spiro atoms. The molecular weight excluding hydrogens is 217 g/mol. The Hall–Kier alpha value is -1.35. The lowest BCUT2D eigenvalue weighted by molar-refractivity contribution is 0.140. The van der Waals surface area contributed by atoms with Gasteiger partial charge in [0.1, 0.15) is 11.4 Å². The minimum atomic E-state index is -1.44. The summed E-state index contributed by atoms with van der Waals surface area (Å²) in [6, 6.07) is 5.04. The Morgan fingerprint density at radius 3 is 2.65 bits per heavy atom. The first-order valence-corrected chi connectivity index (χ1v) is 5.64. The van der Waals surface area contributed by atoms with E-state index in [1.165, 1.54) is 0 Å². The summed E-state index contributed by atoms with van der Waals surface area (Å²) in [4.78, 5) is 0. The van der Waals surface area contributed by atoms with Gasteiger partial charge in [-0.05, 0) is 32.5 Å². The molecule has 0 radical (unpaired) electrons. The van der Waals surface area contributed by atoms with E-state index < -0.39 is 5.67 Å². The van der Waals surface area contributed by atoms with Crippen molar-refractivity contribution in [1.82, 2.24) is 5.32 Å². The molecule has 0 saturated carbocycles. The van der Waals surface area contributed by atoms with Crippen molar-refractivity contribution in [2.45, 2.75) is 25.6 Å². The van der Waals surface area contributed by atoms with Crippen molar-refractivity contribution in [3.05, 3.63) is 35.9 Å². The summed E-state index contributed by atoms with van der Waals surface area (Å²) in [5.41, 5.74) is 0.0211. The summed E-state index contributed by atoms with van der Waals surface area (Å²) < 4.78 is 19.9. The van der Waals surface area contributed by atoms with E-state index in [0.717, 1.165) is 5.56 Å². The van der Waals surface area contributed by atoms with Gasteiger partial charge in [0, 0.05) is 11.6 Å². The van der Waals surface area contributed by atoms with Gasteiger partial charge in [0.25, 0.3) is 0 Å². The Kier molecular flexibility index (Phi) is 4.29. The van der Waals surface area contributed by atoms with Gasteiger partial charge >= 0.3 is 0 Å². The molecule has 0 bridgehead atoms. The standard InChI is InChI=1S/C14H20FNO/c1-6-11-7-8-12(9-13(11)17-5)14(3,15)10(2)16-4/h6-10,16H,1H2,2-5H3. The van der Waals surface area contributed by atoms with Crippen LogP contribution in [0.1, 0.15) is 25.0 Å². The molecule has 1 aromatic rings. The number of benzene rings is 1. The highest BCUT2D eigenvalue weighted by Crippen LogP contribution is 2.33. The highest BCUT2D eigenvalue weighted by Gasteiger charge is 2.32. The van der Waals surface area contributed by atoms with E-state index in [0.29, 0.717) is 11.3 Å². The molecule has 0 amide bonds.